The third-order valence-corrected chi connectivity index (χ3v) is 5.98. The van der Waals surface area contributed by atoms with E-state index in [0.717, 1.165) is 43.2 Å². The van der Waals surface area contributed by atoms with Crippen molar-refractivity contribution in [1.29, 1.82) is 0 Å². The Hall–Kier alpha value is -1.06. The van der Waals surface area contributed by atoms with Gasteiger partial charge in [-0.1, -0.05) is 26.0 Å². The van der Waals surface area contributed by atoms with Crippen molar-refractivity contribution in [3.63, 3.8) is 0 Å². The van der Waals surface area contributed by atoms with E-state index in [2.05, 4.69) is 73.3 Å². The van der Waals surface area contributed by atoms with Gasteiger partial charge in [0.25, 0.3) is 0 Å². The fraction of sp³-hybridized carbons (Fsp3) is 0.720. The van der Waals surface area contributed by atoms with Crippen LogP contribution >= 0.6 is 24.0 Å². The summed E-state index contributed by atoms with van der Waals surface area (Å²) in [5.74, 6) is 1.84. The van der Waals surface area contributed by atoms with Crippen molar-refractivity contribution in [3.05, 3.63) is 29.3 Å². The van der Waals surface area contributed by atoms with Gasteiger partial charge in [-0.15, -0.1) is 24.0 Å². The number of hydrogen-bond donors (Lipinski definition) is 2. The first-order valence-corrected chi connectivity index (χ1v) is 12.3. The van der Waals surface area contributed by atoms with Crippen LogP contribution < -0.4 is 15.4 Å². The number of ether oxygens (including phenoxy) is 1. The molecule has 0 radical (unpaired) electrons. The van der Waals surface area contributed by atoms with Crippen LogP contribution in [-0.2, 0) is 6.54 Å². The molecule has 2 N–H and O–H groups in total. The molecule has 0 aromatic heterocycles. The van der Waals surface area contributed by atoms with Crippen LogP contribution in [0.1, 0.15) is 58.1 Å². The van der Waals surface area contributed by atoms with Gasteiger partial charge in [0.1, 0.15) is 5.75 Å². The Labute approximate surface area is 213 Å². The quantitative estimate of drug-likeness (QED) is 0.174. The van der Waals surface area contributed by atoms with E-state index >= 15 is 0 Å². The lowest BCUT2D eigenvalue weighted by atomic mass is 10.1. The van der Waals surface area contributed by atoms with Crippen LogP contribution in [0.2, 0.25) is 0 Å². The average molecular weight is 560 g/mol. The highest BCUT2D eigenvalue weighted by atomic mass is 127. The first-order valence-electron chi connectivity index (χ1n) is 12.3. The fourth-order valence-electron chi connectivity index (χ4n) is 3.70. The number of likely N-dealkylation sites (N-methyl/N-ethyl adjacent to an activating group) is 1. The summed E-state index contributed by atoms with van der Waals surface area (Å²) in [5.41, 5.74) is 2.35. The molecule has 0 spiro atoms. The van der Waals surface area contributed by atoms with Crippen LogP contribution in [0, 0.1) is 6.92 Å². The number of benzene rings is 1. The van der Waals surface area contributed by atoms with Crippen LogP contribution in [0.3, 0.4) is 0 Å². The molecule has 0 bridgehead atoms. The van der Waals surface area contributed by atoms with Crippen molar-refractivity contribution in [2.75, 3.05) is 52.4 Å². The van der Waals surface area contributed by atoms with E-state index in [9.17, 15) is 0 Å². The molecule has 1 aromatic rings. The Morgan fingerprint density at radius 2 is 1.78 bits per heavy atom. The number of unbranched alkanes of at least 4 members (excludes halogenated alkanes) is 1. The standard InChI is InChI=1S/C25H45N5O.HI/c1-6-22(5)31-24-19-21(4)11-12-23(24)20-28-25(26-7-2)27-13-9-10-14-30-17-15-29(8-3)16-18-30;/h11-12,19,22H,6-10,13-18,20H2,1-5H3,(H2,26,27,28);1H. The minimum Gasteiger partial charge on any atom is -0.490 e. The van der Waals surface area contributed by atoms with Crippen LogP contribution in [0.25, 0.3) is 0 Å². The van der Waals surface area contributed by atoms with E-state index in [0.29, 0.717) is 6.54 Å². The predicted molar refractivity (Wildman–Crippen MR) is 148 cm³/mol. The fourth-order valence-corrected chi connectivity index (χ4v) is 3.70. The smallest absolute Gasteiger partial charge is 0.191 e. The number of nitrogens with zero attached hydrogens (tertiary/aromatic N) is 3. The summed E-state index contributed by atoms with van der Waals surface area (Å²) in [6.45, 7) is 20.4. The van der Waals surface area contributed by atoms with Gasteiger partial charge < -0.3 is 25.2 Å². The second-order valence-electron chi connectivity index (χ2n) is 8.55. The molecule has 1 heterocycles. The molecule has 1 atom stereocenters. The topological polar surface area (TPSA) is 52.1 Å². The van der Waals surface area contributed by atoms with Gasteiger partial charge in [0.2, 0.25) is 0 Å². The van der Waals surface area contributed by atoms with Gasteiger partial charge in [-0.3, -0.25) is 0 Å². The molecule has 2 rings (SSSR count). The maximum Gasteiger partial charge on any atom is 0.191 e. The zero-order chi connectivity index (χ0) is 22.5. The van der Waals surface area contributed by atoms with Gasteiger partial charge in [-0.05, 0) is 64.8 Å². The van der Waals surface area contributed by atoms with E-state index in [4.69, 9.17) is 9.73 Å². The van der Waals surface area contributed by atoms with Crippen molar-refractivity contribution in [3.8, 4) is 5.75 Å². The Balaban J connectivity index is 0.00000512. The molecule has 1 saturated heterocycles. The number of guanidine groups is 1. The highest BCUT2D eigenvalue weighted by molar-refractivity contribution is 14.0. The number of piperazine rings is 1. The van der Waals surface area contributed by atoms with Gasteiger partial charge in [0, 0.05) is 44.8 Å². The largest absolute Gasteiger partial charge is 0.490 e. The normalized spacial score (nSPS) is 16.3. The third kappa shape index (κ3) is 10.7. The zero-order valence-electron chi connectivity index (χ0n) is 21.0. The van der Waals surface area contributed by atoms with Gasteiger partial charge in [0.05, 0.1) is 12.6 Å². The molecule has 1 aromatic carbocycles. The van der Waals surface area contributed by atoms with Crippen LogP contribution in [0.4, 0.5) is 0 Å². The van der Waals surface area contributed by atoms with Crippen LogP contribution in [0.5, 0.6) is 5.75 Å². The minimum absolute atomic E-state index is 0. The van der Waals surface area contributed by atoms with E-state index in [1.54, 1.807) is 0 Å². The summed E-state index contributed by atoms with van der Waals surface area (Å²) in [7, 11) is 0. The summed E-state index contributed by atoms with van der Waals surface area (Å²) < 4.78 is 6.13. The molecule has 1 unspecified atom stereocenters. The molecular weight excluding hydrogens is 513 g/mol. The first-order chi connectivity index (χ1) is 15.0. The summed E-state index contributed by atoms with van der Waals surface area (Å²) in [5, 5.41) is 6.87. The zero-order valence-corrected chi connectivity index (χ0v) is 23.3. The first kappa shape index (κ1) is 29.0. The second kappa shape index (κ2) is 16.5. The molecule has 0 amide bonds. The number of nitrogens with one attached hydrogen (secondary N) is 2. The lowest BCUT2D eigenvalue weighted by Gasteiger charge is -2.34. The van der Waals surface area contributed by atoms with E-state index < -0.39 is 0 Å². The Morgan fingerprint density at radius 1 is 1.06 bits per heavy atom. The average Bonchev–Trinajstić information content (AvgIpc) is 2.78. The summed E-state index contributed by atoms with van der Waals surface area (Å²) in [6, 6.07) is 6.39. The molecule has 7 heteroatoms. The van der Waals surface area contributed by atoms with E-state index in [-0.39, 0.29) is 30.1 Å². The highest BCUT2D eigenvalue weighted by Gasteiger charge is 2.14. The lowest BCUT2D eigenvalue weighted by molar-refractivity contribution is 0.136. The Kier molecular flexibility index (Phi) is 15.0. The van der Waals surface area contributed by atoms with Crippen LogP contribution in [0.15, 0.2) is 23.2 Å². The number of halogens is 1. The monoisotopic (exact) mass is 559 g/mol. The van der Waals surface area contributed by atoms with Crippen molar-refractivity contribution >= 4 is 29.9 Å². The van der Waals surface area contributed by atoms with Gasteiger partial charge in [-0.2, -0.15) is 0 Å². The molecule has 1 aliphatic rings. The molecular formula is C25H46IN5O. The van der Waals surface area contributed by atoms with Crippen molar-refractivity contribution in [2.45, 2.75) is 66.5 Å². The third-order valence-electron chi connectivity index (χ3n) is 5.98. The molecule has 0 aliphatic carbocycles. The number of aliphatic imine (C=N–C) groups is 1. The Bertz CT molecular complexity index is 662. The lowest BCUT2D eigenvalue weighted by Crippen LogP contribution is -2.46. The molecule has 6 nitrogen and oxygen atoms in total. The van der Waals surface area contributed by atoms with Crippen molar-refractivity contribution in [2.24, 2.45) is 4.99 Å². The number of hydrogen-bond acceptors (Lipinski definition) is 4. The van der Waals surface area contributed by atoms with Crippen molar-refractivity contribution in [1.82, 2.24) is 20.4 Å². The molecule has 32 heavy (non-hydrogen) atoms. The minimum atomic E-state index is 0. The molecule has 0 saturated carbocycles. The second-order valence-corrected chi connectivity index (χ2v) is 8.55. The molecule has 184 valence electrons. The summed E-state index contributed by atoms with van der Waals surface area (Å²) >= 11 is 0. The number of rotatable bonds is 12. The Morgan fingerprint density at radius 3 is 2.44 bits per heavy atom. The SMILES string of the molecule is CCNC(=NCc1ccc(C)cc1OC(C)CC)NCCCCN1CCN(CC)CC1.I. The molecule has 1 aliphatic heterocycles. The van der Waals surface area contributed by atoms with Crippen molar-refractivity contribution < 1.29 is 4.74 Å². The van der Waals surface area contributed by atoms with Gasteiger partial charge in [0.15, 0.2) is 5.96 Å². The van der Waals surface area contributed by atoms with E-state index in [1.807, 2.05) is 0 Å². The van der Waals surface area contributed by atoms with Gasteiger partial charge >= 0.3 is 0 Å². The maximum absolute atomic E-state index is 6.13. The van der Waals surface area contributed by atoms with Gasteiger partial charge in [-0.25, -0.2) is 4.99 Å². The summed E-state index contributed by atoms with van der Waals surface area (Å²) in [6.07, 6.45) is 3.59. The highest BCUT2D eigenvalue weighted by Crippen LogP contribution is 2.23. The maximum atomic E-state index is 6.13. The summed E-state index contributed by atoms with van der Waals surface area (Å²) in [4.78, 5) is 9.94. The number of aryl methyl sites for hydroxylation is 1. The molecule has 1 fully saturated rings. The van der Waals surface area contributed by atoms with Crippen LogP contribution in [-0.4, -0.2) is 74.2 Å². The van der Waals surface area contributed by atoms with E-state index in [1.165, 1.54) is 51.3 Å². The predicted octanol–water partition coefficient (Wildman–Crippen LogP) is 4.26.